The number of anilines is 1. The molecule has 1 heterocycles. The molecule has 0 aromatic carbocycles. The van der Waals surface area contributed by atoms with Crippen molar-refractivity contribution in [1.82, 2.24) is 9.78 Å². The minimum atomic E-state index is 0.495. The van der Waals surface area contributed by atoms with Gasteiger partial charge in [0.15, 0.2) is 0 Å². The van der Waals surface area contributed by atoms with E-state index < -0.39 is 0 Å². The third-order valence-electron chi connectivity index (χ3n) is 3.24. The number of hydrogen-bond donors (Lipinski definition) is 1. The fourth-order valence-corrected chi connectivity index (χ4v) is 2.29. The fourth-order valence-electron chi connectivity index (χ4n) is 2.29. The van der Waals surface area contributed by atoms with Gasteiger partial charge < -0.3 is 20.1 Å². The zero-order valence-electron chi connectivity index (χ0n) is 13.2. The van der Waals surface area contributed by atoms with Gasteiger partial charge in [0.05, 0.1) is 18.9 Å². The first kappa shape index (κ1) is 16.9. The van der Waals surface area contributed by atoms with Gasteiger partial charge in [-0.15, -0.1) is 0 Å². The van der Waals surface area contributed by atoms with Gasteiger partial charge in [-0.25, -0.2) is 0 Å². The van der Waals surface area contributed by atoms with E-state index in [9.17, 15) is 0 Å². The number of nitrogens with zero attached hydrogens (tertiary/aromatic N) is 3. The Hall–Kier alpha value is -1.11. The number of ether oxygens (including phenoxy) is 2. The van der Waals surface area contributed by atoms with Crippen LogP contribution in [0.25, 0.3) is 0 Å². The summed E-state index contributed by atoms with van der Waals surface area (Å²) in [6.07, 6.45) is 0. The van der Waals surface area contributed by atoms with E-state index in [1.165, 1.54) is 0 Å². The molecule has 0 bridgehead atoms. The highest BCUT2D eigenvalue weighted by Gasteiger charge is 2.18. The second kappa shape index (κ2) is 8.94. The second-order valence-corrected chi connectivity index (χ2v) is 4.60. The topological polar surface area (TPSA) is 65.5 Å². The predicted octanol–water partition coefficient (Wildman–Crippen LogP) is 1.07. The molecule has 1 rings (SSSR count). The first-order chi connectivity index (χ1) is 9.65. The zero-order chi connectivity index (χ0) is 15.0. The fraction of sp³-hybridized carbons (Fsp3) is 0.786. The van der Waals surface area contributed by atoms with Gasteiger partial charge >= 0.3 is 0 Å². The first-order valence-corrected chi connectivity index (χ1v) is 7.28. The molecule has 0 amide bonds. The van der Waals surface area contributed by atoms with Crippen LogP contribution in [0.1, 0.15) is 25.1 Å². The lowest BCUT2D eigenvalue weighted by Crippen LogP contribution is -2.33. The van der Waals surface area contributed by atoms with Crippen LogP contribution in [0.2, 0.25) is 0 Å². The Morgan fingerprint density at radius 2 is 1.70 bits per heavy atom. The maximum Gasteiger partial charge on any atom is 0.131 e. The summed E-state index contributed by atoms with van der Waals surface area (Å²) >= 11 is 0. The van der Waals surface area contributed by atoms with Gasteiger partial charge in [-0.2, -0.15) is 5.10 Å². The van der Waals surface area contributed by atoms with Crippen LogP contribution in [0, 0.1) is 6.92 Å². The van der Waals surface area contributed by atoms with Crippen molar-refractivity contribution in [3.63, 3.8) is 0 Å². The van der Waals surface area contributed by atoms with E-state index in [0.717, 1.165) is 43.4 Å². The van der Waals surface area contributed by atoms with Gasteiger partial charge in [0.2, 0.25) is 0 Å². The summed E-state index contributed by atoms with van der Waals surface area (Å²) in [5.41, 5.74) is 7.96. The Balaban J connectivity index is 2.84. The van der Waals surface area contributed by atoms with E-state index in [2.05, 4.69) is 10.00 Å². The van der Waals surface area contributed by atoms with E-state index in [4.69, 9.17) is 15.2 Å². The van der Waals surface area contributed by atoms with E-state index in [-0.39, 0.29) is 0 Å². The Bertz CT molecular complexity index is 383. The van der Waals surface area contributed by atoms with Gasteiger partial charge in [0.1, 0.15) is 5.82 Å². The summed E-state index contributed by atoms with van der Waals surface area (Å²) in [5.74, 6) is 1.07. The highest BCUT2D eigenvalue weighted by molar-refractivity contribution is 5.50. The van der Waals surface area contributed by atoms with E-state index >= 15 is 0 Å². The van der Waals surface area contributed by atoms with Crippen molar-refractivity contribution in [3.8, 4) is 0 Å². The van der Waals surface area contributed by atoms with Crippen LogP contribution in [-0.4, -0.2) is 49.3 Å². The maximum atomic E-state index is 5.87. The molecule has 0 fully saturated rings. The Morgan fingerprint density at radius 1 is 1.15 bits per heavy atom. The van der Waals surface area contributed by atoms with Crippen LogP contribution in [0.4, 0.5) is 5.82 Å². The maximum absolute atomic E-state index is 5.87. The quantitative estimate of drug-likeness (QED) is 0.651. The molecule has 1 aromatic heterocycles. The normalized spacial score (nSPS) is 11.1. The number of aryl methyl sites for hydroxylation is 2. The van der Waals surface area contributed by atoms with Crippen molar-refractivity contribution in [2.24, 2.45) is 12.8 Å². The van der Waals surface area contributed by atoms with Crippen LogP contribution in [0.5, 0.6) is 0 Å². The lowest BCUT2D eigenvalue weighted by atomic mass is 10.2. The van der Waals surface area contributed by atoms with Gasteiger partial charge in [0.25, 0.3) is 0 Å². The molecule has 0 saturated carbocycles. The SMILES string of the molecule is CCOCCN(CCOCC)c1c(CN)c(C)nn1C. The minimum Gasteiger partial charge on any atom is -0.380 e. The number of rotatable bonds is 10. The molecule has 0 unspecified atom stereocenters. The lowest BCUT2D eigenvalue weighted by Gasteiger charge is -2.25. The molecular formula is C14H28N4O2. The highest BCUT2D eigenvalue weighted by Crippen LogP contribution is 2.22. The highest BCUT2D eigenvalue weighted by atomic mass is 16.5. The third-order valence-corrected chi connectivity index (χ3v) is 3.24. The molecule has 116 valence electrons. The molecule has 1 aromatic rings. The number of aromatic nitrogens is 2. The summed E-state index contributed by atoms with van der Waals surface area (Å²) in [6.45, 7) is 11.0. The molecular weight excluding hydrogens is 256 g/mol. The molecule has 6 nitrogen and oxygen atoms in total. The Kier molecular flexibility index (Phi) is 7.58. The molecule has 20 heavy (non-hydrogen) atoms. The number of nitrogens with two attached hydrogens (primary N) is 1. The van der Waals surface area contributed by atoms with Gasteiger partial charge in [-0.3, -0.25) is 4.68 Å². The zero-order valence-corrected chi connectivity index (χ0v) is 13.2. The number of hydrogen-bond acceptors (Lipinski definition) is 5. The van der Waals surface area contributed by atoms with Crippen LogP contribution >= 0.6 is 0 Å². The molecule has 0 aliphatic rings. The molecule has 0 aliphatic heterocycles. The van der Waals surface area contributed by atoms with Crippen molar-refractivity contribution in [3.05, 3.63) is 11.3 Å². The Morgan fingerprint density at radius 3 is 2.15 bits per heavy atom. The summed E-state index contributed by atoms with van der Waals surface area (Å²) in [4.78, 5) is 2.24. The van der Waals surface area contributed by atoms with E-state index in [0.29, 0.717) is 19.8 Å². The molecule has 0 aliphatic carbocycles. The Labute approximate surface area is 121 Å². The molecule has 2 N–H and O–H groups in total. The summed E-state index contributed by atoms with van der Waals surface area (Å²) in [5, 5.41) is 4.47. The third kappa shape index (κ3) is 4.47. The summed E-state index contributed by atoms with van der Waals surface area (Å²) in [6, 6.07) is 0. The van der Waals surface area contributed by atoms with Crippen molar-refractivity contribution in [1.29, 1.82) is 0 Å². The molecule has 0 saturated heterocycles. The monoisotopic (exact) mass is 284 g/mol. The predicted molar refractivity (Wildman–Crippen MR) is 81.0 cm³/mol. The largest absolute Gasteiger partial charge is 0.380 e. The average Bonchev–Trinajstić information content (AvgIpc) is 2.71. The second-order valence-electron chi connectivity index (χ2n) is 4.60. The van der Waals surface area contributed by atoms with Gasteiger partial charge in [0, 0.05) is 45.5 Å². The van der Waals surface area contributed by atoms with Crippen molar-refractivity contribution >= 4 is 5.82 Å². The van der Waals surface area contributed by atoms with Crippen LogP contribution < -0.4 is 10.6 Å². The molecule has 0 radical (unpaired) electrons. The van der Waals surface area contributed by atoms with Gasteiger partial charge in [-0.05, 0) is 20.8 Å². The lowest BCUT2D eigenvalue weighted by molar-refractivity contribution is 0.141. The molecule has 6 heteroatoms. The van der Waals surface area contributed by atoms with Gasteiger partial charge in [-0.1, -0.05) is 0 Å². The van der Waals surface area contributed by atoms with Crippen LogP contribution in [0.3, 0.4) is 0 Å². The van der Waals surface area contributed by atoms with Crippen molar-refractivity contribution in [2.75, 3.05) is 44.4 Å². The smallest absolute Gasteiger partial charge is 0.131 e. The van der Waals surface area contributed by atoms with E-state index in [1.54, 1.807) is 0 Å². The average molecular weight is 284 g/mol. The summed E-state index contributed by atoms with van der Waals surface area (Å²) in [7, 11) is 1.95. The first-order valence-electron chi connectivity index (χ1n) is 7.28. The van der Waals surface area contributed by atoms with Crippen molar-refractivity contribution in [2.45, 2.75) is 27.3 Å². The summed E-state index contributed by atoms with van der Waals surface area (Å²) < 4.78 is 12.8. The standard InChI is InChI=1S/C14H28N4O2/c1-5-19-9-7-18(8-10-20-6-2)14-13(11-15)12(3)16-17(14)4/h5-11,15H2,1-4H3. The molecule has 0 atom stereocenters. The van der Waals surface area contributed by atoms with Crippen LogP contribution in [0.15, 0.2) is 0 Å². The van der Waals surface area contributed by atoms with Crippen LogP contribution in [-0.2, 0) is 23.1 Å². The van der Waals surface area contributed by atoms with E-state index in [1.807, 2.05) is 32.5 Å². The molecule has 0 spiro atoms. The van der Waals surface area contributed by atoms with Crippen molar-refractivity contribution < 1.29 is 9.47 Å². The minimum absolute atomic E-state index is 0.495.